The minimum absolute atomic E-state index is 0.0521. The molecule has 5 rings (SSSR count). The highest BCUT2D eigenvalue weighted by atomic mass is 32.2. The zero-order valence-corrected chi connectivity index (χ0v) is 16.0. The predicted octanol–water partition coefficient (Wildman–Crippen LogP) is 2.21. The van der Waals surface area contributed by atoms with Gasteiger partial charge in [-0.2, -0.15) is 0 Å². The standard InChI is InChI=1S/C20H23N3O3S/c24-19-16-8-9-20(10-12-23(13-11-20)27(25,26)15-6-7-15)17(16)21-18(22-19)14-4-2-1-3-5-14/h1-5,15H,6-13H2,(H,21,22,24). The number of rotatable bonds is 3. The van der Waals surface area contributed by atoms with Crippen LogP contribution in [0.2, 0.25) is 0 Å². The van der Waals surface area contributed by atoms with Crippen LogP contribution in [0.5, 0.6) is 0 Å². The first-order valence-electron chi connectivity index (χ1n) is 9.68. The van der Waals surface area contributed by atoms with Crippen molar-refractivity contribution in [1.82, 2.24) is 14.3 Å². The molecule has 1 saturated heterocycles. The second-order valence-corrected chi connectivity index (χ2v) is 10.2. The Morgan fingerprint density at radius 3 is 2.44 bits per heavy atom. The largest absolute Gasteiger partial charge is 0.306 e. The van der Waals surface area contributed by atoms with Gasteiger partial charge in [-0.1, -0.05) is 30.3 Å². The Hall–Kier alpha value is -1.99. The molecule has 2 aromatic rings. The van der Waals surface area contributed by atoms with Crippen molar-refractivity contribution in [3.63, 3.8) is 0 Å². The molecule has 142 valence electrons. The van der Waals surface area contributed by atoms with Gasteiger partial charge in [0, 0.05) is 29.6 Å². The van der Waals surface area contributed by atoms with Gasteiger partial charge >= 0.3 is 0 Å². The van der Waals surface area contributed by atoms with E-state index in [9.17, 15) is 13.2 Å². The third-order valence-corrected chi connectivity index (χ3v) is 8.80. The van der Waals surface area contributed by atoms with Gasteiger partial charge in [-0.05, 0) is 38.5 Å². The van der Waals surface area contributed by atoms with E-state index >= 15 is 0 Å². The van der Waals surface area contributed by atoms with Crippen molar-refractivity contribution >= 4 is 10.0 Å². The van der Waals surface area contributed by atoms with Crippen molar-refractivity contribution in [2.45, 2.75) is 49.2 Å². The number of piperidine rings is 1. The van der Waals surface area contributed by atoms with E-state index in [1.54, 1.807) is 4.31 Å². The maximum absolute atomic E-state index is 12.7. The summed E-state index contributed by atoms with van der Waals surface area (Å²) in [6.07, 6.45) is 4.69. The highest BCUT2D eigenvalue weighted by molar-refractivity contribution is 7.90. The molecule has 1 N–H and O–H groups in total. The van der Waals surface area contributed by atoms with Crippen LogP contribution in [-0.4, -0.2) is 41.0 Å². The third kappa shape index (κ3) is 2.75. The zero-order chi connectivity index (χ0) is 18.6. The Labute approximate surface area is 158 Å². The Bertz CT molecular complexity index is 1030. The van der Waals surface area contributed by atoms with Gasteiger partial charge < -0.3 is 4.98 Å². The molecule has 1 aliphatic heterocycles. The molecule has 0 amide bonds. The summed E-state index contributed by atoms with van der Waals surface area (Å²) in [6.45, 7) is 1.07. The number of benzene rings is 1. The van der Waals surface area contributed by atoms with Gasteiger partial charge in [-0.15, -0.1) is 0 Å². The summed E-state index contributed by atoms with van der Waals surface area (Å²) in [5.41, 5.74) is 2.36. The van der Waals surface area contributed by atoms with Crippen LogP contribution in [0, 0.1) is 0 Å². The van der Waals surface area contributed by atoms with E-state index in [2.05, 4.69) is 4.98 Å². The van der Waals surface area contributed by atoms with Gasteiger partial charge in [0.05, 0.1) is 10.9 Å². The Morgan fingerprint density at radius 1 is 1.07 bits per heavy atom. The van der Waals surface area contributed by atoms with Crippen molar-refractivity contribution < 1.29 is 8.42 Å². The molecule has 1 aromatic carbocycles. The number of aromatic amines is 1. The highest BCUT2D eigenvalue weighted by Gasteiger charge is 2.48. The van der Waals surface area contributed by atoms with Gasteiger partial charge in [0.1, 0.15) is 5.82 Å². The summed E-state index contributed by atoms with van der Waals surface area (Å²) in [7, 11) is -3.13. The van der Waals surface area contributed by atoms with Crippen molar-refractivity contribution in [2.75, 3.05) is 13.1 Å². The highest BCUT2D eigenvalue weighted by Crippen LogP contribution is 2.46. The van der Waals surface area contributed by atoms with Gasteiger partial charge in [-0.25, -0.2) is 17.7 Å². The third-order valence-electron chi connectivity index (χ3n) is 6.40. The van der Waals surface area contributed by atoms with Gasteiger partial charge in [0.2, 0.25) is 10.0 Å². The molecule has 0 unspecified atom stereocenters. The maximum atomic E-state index is 12.7. The maximum Gasteiger partial charge on any atom is 0.254 e. The molecule has 3 aliphatic rings. The number of fused-ring (bicyclic) bond motifs is 2. The van der Waals surface area contributed by atoms with Gasteiger partial charge in [-0.3, -0.25) is 4.79 Å². The molecule has 1 saturated carbocycles. The predicted molar refractivity (Wildman–Crippen MR) is 103 cm³/mol. The molecular formula is C20H23N3O3S. The van der Waals surface area contributed by atoms with E-state index in [1.807, 2.05) is 30.3 Å². The van der Waals surface area contributed by atoms with E-state index in [-0.39, 0.29) is 16.2 Å². The average molecular weight is 385 g/mol. The van der Waals surface area contributed by atoms with Crippen LogP contribution in [0.15, 0.2) is 35.1 Å². The Morgan fingerprint density at radius 2 is 1.78 bits per heavy atom. The molecular weight excluding hydrogens is 362 g/mol. The molecule has 0 bridgehead atoms. The molecule has 2 aliphatic carbocycles. The minimum Gasteiger partial charge on any atom is -0.306 e. The molecule has 0 radical (unpaired) electrons. The second kappa shape index (κ2) is 6.01. The zero-order valence-electron chi connectivity index (χ0n) is 15.1. The summed E-state index contributed by atoms with van der Waals surface area (Å²) >= 11 is 0. The van der Waals surface area contributed by atoms with Crippen LogP contribution in [0.25, 0.3) is 11.4 Å². The monoisotopic (exact) mass is 385 g/mol. The van der Waals surface area contributed by atoms with Crippen LogP contribution in [0.3, 0.4) is 0 Å². The number of aromatic nitrogens is 2. The lowest BCUT2D eigenvalue weighted by Crippen LogP contribution is -2.45. The number of nitrogens with zero attached hydrogens (tertiary/aromatic N) is 2. The SMILES string of the molecule is O=c1[nH]c(-c2ccccc2)nc2c1CCC21CCN(S(=O)(=O)C2CC2)CC1. The van der Waals surface area contributed by atoms with E-state index < -0.39 is 10.0 Å². The summed E-state index contributed by atoms with van der Waals surface area (Å²) in [5.74, 6) is 0.605. The number of sulfonamides is 1. The summed E-state index contributed by atoms with van der Waals surface area (Å²) in [6, 6.07) is 9.68. The van der Waals surface area contributed by atoms with Gasteiger partial charge in [0.15, 0.2) is 0 Å². The Balaban J connectivity index is 1.48. The topological polar surface area (TPSA) is 83.1 Å². The first kappa shape index (κ1) is 17.1. The first-order valence-corrected chi connectivity index (χ1v) is 11.2. The normalized spacial score (nSPS) is 22.1. The van der Waals surface area contributed by atoms with E-state index in [4.69, 9.17) is 4.98 Å². The van der Waals surface area contributed by atoms with Crippen molar-refractivity contribution in [3.05, 3.63) is 51.9 Å². The number of hydrogen-bond donors (Lipinski definition) is 1. The molecule has 2 heterocycles. The smallest absolute Gasteiger partial charge is 0.254 e. The molecule has 27 heavy (non-hydrogen) atoms. The number of nitrogens with one attached hydrogen (secondary N) is 1. The molecule has 1 aromatic heterocycles. The second-order valence-electron chi connectivity index (χ2n) is 8.03. The molecule has 7 heteroatoms. The quantitative estimate of drug-likeness (QED) is 0.878. The molecule has 0 atom stereocenters. The lowest BCUT2D eigenvalue weighted by Gasteiger charge is -2.38. The van der Waals surface area contributed by atoms with Crippen LogP contribution in [0.1, 0.15) is 43.4 Å². The van der Waals surface area contributed by atoms with E-state index in [0.29, 0.717) is 18.9 Å². The summed E-state index contributed by atoms with van der Waals surface area (Å²) in [4.78, 5) is 20.5. The van der Waals surface area contributed by atoms with Crippen molar-refractivity contribution in [3.8, 4) is 11.4 Å². The molecule has 1 spiro atoms. The Kier molecular flexibility index (Phi) is 3.81. The lowest BCUT2D eigenvalue weighted by molar-refractivity contribution is 0.227. The van der Waals surface area contributed by atoms with Crippen LogP contribution >= 0.6 is 0 Å². The molecule has 2 fully saturated rings. The fourth-order valence-electron chi connectivity index (χ4n) is 4.62. The minimum atomic E-state index is -3.13. The lowest BCUT2D eigenvalue weighted by atomic mass is 9.76. The molecule has 6 nitrogen and oxygen atoms in total. The van der Waals surface area contributed by atoms with Crippen LogP contribution in [-0.2, 0) is 21.9 Å². The average Bonchev–Trinajstić information content (AvgIpc) is 3.49. The van der Waals surface area contributed by atoms with E-state index in [1.165, 1.54) is 0 Å². The fourth-order valence-corrected chi connectivity index (χ4v) is 6.46. The summed E-state index contributed by atoms with van der Waals surface area (Å²) in [5, 5.41) is -0.159. The number of H-pyrrole nitrogens is 1. The van der Waals surface area contributed by atoms with Crippen molar-refractivity contribution in [1.29, 1.82) is 0 Å². The van der Waals surface area contributed by atoms with Crippen LogP contribution < -0.4 is 5.56 Å². The van der Waals surface area contributed by atoms with Crippen LogP contribution in [0.4, 0.5) is 0 Å². The fraction of sp³-hybridized carbons (Fsp3) is 0.500. The number of hydrogen-bond acceptors (Lipinski definition) is 4. The van der Waals surface area contributed by atoms with Gasteiger partial charge in [0.25, 0.3) is 5.56 Å². The van der Waals surface area contributed by atoms with Crippen molar-refractivity contribution in [2.24, 2.45) is 0 Å². The van der Waals surface area contributed by atoms with E-state index in [0.717, 1.165) is 55.3 Å². The first-order chi connectivity index (χ1) is 13.0. The summed E-state index contributed by atoms with van der Waals surface area (Å²) < 4.78 is 26.8.